The number of hydrogen-bond donors (Lipinski definition) is 1. The molecule has 122 valence electrons. The lowest BCUT2D eigenvalue weighted by molar-refractivity contribution is 1.12. The van der Waals surface area contributed by atoms with Crippen molar-refractivity contribution in [3.8, 4) is 22.5 Å². The Labute approximate surface area is 143 Å². The highest BCUT2D eigenvalue weighted by Crippen LogP contribution is 2.30. The van der Waals surface area contributed by atoms with Gasteiger partial charge < -0.3 is 4.98 Å². The maximum atomic E-state index is 11.6. The molecule has 0 amide bonds. The van der Waals surface area contributed by atoms with E-state index in [1.54, 1.807) is 18.5 Å². The van der Waals surface area contributed by atoms with Crippen LogP contribution in [0.2, 0.25) is 0 Å². The van der Waals surface area contributed by atoms with Crippen LogP contribution in [0.4, 0.5) is 0 Å². The van der Waals surface area contributed by atoms with Crippen molar-refractivity contribution in [3.63, 3.8) is 0 Å². The summed E-state index contributed by atoms with van der Waals surface area (Å²) >= 11 is 0. The Balaban J connectivity index is 2.07. The molecule has 6 nitrogen and oxygen atoms in total. The molecular weight excluding hydrogens is 314 g/mol. The molecule has 0 aromatic carbocycles. The van der Waals surface area contributed by atoms with Crippen molar-refractivity contribution >= 4 is 11.2 Å². The standard InChI is InChI=1S/C19H15N5O/c1-11-8-14(9-12(2)21-11)18-17(13-4-3-7-20-10-13)24-19-15(22-18)5-6-16(25)23-19/h3-10H,1-2H3,(H,23,24,25). The van der Waals surface area contributed by atoms with Crippen molar-refractivity contribution < 1.29 is 0 Å². The number of H-pyrrole nitrogens is 1. The van der Waals surface area contributed by atoms with Gasteiger partial charge in [-0.1, -0.05) is 0 Å². The van der Waals surface area contributed by atoms with E-state index in [1.165, 1.54) is 6.07 Å². The van der Waals surface area contributed by atoms with Crippen LogP contribution in [-0.2, 0) is 0 Å². The number of nitrogens with one attached hydrogen (secondary N) is 1. The molecule has 6 heteroatoms. The first-order valence-corrected chi connectivity index (χ1v) is 7.87. The van der Waals surface area contributed by atoms with Gasteiger partial charge in [-0.05, 0) is 44.2 Å². The largest absolute Gasteiger partial charge is 0.305 e. The molecule has 0 aliphatic rings. The zero-order chi connectivity index (χ0) is 17.4. The highest BCUT2D eigenvalue weighted by Gasteiger charge is 2.14. The zero-order valence-electron chi connectivity index (χ0n) is 13.8. The fourth-order valence-electron chi connectivity index (χ4n) is 2.85. The minimum absolute atomic E-state index is 0.206. The van der Waals surface area contributed by atoms with Crippen LogP contribution in [-0.4, -0.2) is 24.9 Å². The number of rotatable bonds is 2. The van der Waals surface area contributed by atoms with Gasteiger partial charge >= 0.3 is 0 Å². The quantitative estimate of drug-likeness (QED) is 0.611. The van der Waals surface area contributed by atoms with Crippen LogP contribution in [0.15, 0.2) is 53.6 Å². The third kappa shape index (κ3) is 2.89. The Morgan fingerprint density at radius 2 is 1.64 bits per heavy atom. The Morgan fingerprint density at radius 1 is 0.880 bits per heavy atom. The summed E-state index contributed by atoms with van der Waals surface area (Å²) in [6.07, 6.45) is 3.45. The van der Waals surface area contributed by atoms with Crippen LogP contribution in [0, 0.1) is 13.8 Å². The number of aryl methyl sites for hydroxylation is 2. The Morgan fingerprint density at radius 3 is 2.36 bits per heavy atom. The van der Waals surface area contributed by atoms with Crippen molar-refractivity contribution in [1.82, 2.24) is 24.9 Å². The number of aromatic amines is 1. The molecule has 4 aromatic rings. The van der Waals surface area contributed by atoms with Crippen molar-refractivity contribution in [3.05, 3.63) is 70.5 Å². The molecule has 4 rings (SSSR count). The highest BCUT2D eigenvalue weighted by atomic mass is 16.1. The molecule has 0 radical (unpaired) electrons. The molecule has 0 spiro atoms. The number of pyridine rings is 3. The molecule has 4 heterocycles. The molecule has 1 N–H and O–H groups in total. The predicted molar refractivity (Wildman–Crippen MR) is 96.1 cm³/mol. The number of nitrogens with zero attached hydrogens (tertiary/aromatic N) is 4. The van der Waals surface area contributed by atoms with E-state index in [0.717, 1.165) is 28.2 Å². The van der Waals surface area contributed by atoms with Gasteiger partial charge in [-0.25, -0.2) is 9.97 Å². The topological polar surface area (TPSA) is 84.4 Å². The summed E-state index contributed by atoms with van der Waals surface area (Å²) in [6, 6.07) is 10.9. The number of aromatic nitrogens is 5. The number of fused-ring (bicyclic) bond motifs is 1. The summed E-state index contributed by atoms with van der Waals surface area (Å²) in [6.45, 7) is 3.90. The molecule has 0 fully saturated rings. The smallest absolute Gasteiger partial charge is 0.249 e. The SMILES string of the molecule is Cc1cc(-c2nc3ccc(=O)[nH]c3nc2-c2cccnc2)cc(C)n1. The summed E-state index contributed by atoms with van der Waals surface area (Å²) < 4.78 is 0. The normalized spacial score (nSPS) is 11.0. The average Bonchev–Trinajstić information content (AvgIpc) is 2.60. The Kier molecular flexibility index (Phi) is 3.57. The molecule has 25 heavy (non-hydrogen) atoms. The van der Waals surface area contributed by atoms with Crippen molar-refractivity contribution in [1.29, 1.82) is 0 Å². The molecule has 0 aliphatic carbocycles. The van der Waals surface area contributed by atoms with Gasteiger partial charge in [-0.2, -0.15) is 0 Å². The van der Waals surface area contributed by atoms with E-state index in [4.69, 9.17) is 4.98 Å². The molecule has 0 unspecified atom stereocenters. The third-order valence-electron chi connectivity index (χ3n) is 3.85. The number of hydrogen-bond acceptors (Lipinski definition) is 5. The van der Waals surface area contributed by atoms with Gasteiger partial charge in [0.15, 0.2) is 5.65 Å². The van der Waals surface area contributed by atoms with Crippen molar-refractivity contribution in [2.75, 3.05) is 0 Å². The molecule has 0 saturated heterocycles. The van der Waals surface area contributed by atoms with Crippen LogP contribution in [0.5, 0.6) is 0 Å². The fourth-order valence-corrected chi connectivity index (χ4v) is 2.85. The van der Waals surface area contributed by atoms with E-state index in [-0.39, 0.29) is 5.56 Å². The molecule has 4 aromatic heterocycles. The minimum atomic E-state index is -0.206. The summed E-state index contributed by atoms with van der Waals surface area (Å²) in [5.41, 5.74) is 5.89. The van der Waals surface area contributed by atoms with E-state index in [1.807, 2.05) is 38.1 Å². The summed E-state index contributed by atoms with van der Waals surface area (Å²) in [4.78, 5) is 32.4. The van der Waals surface area contributed by atoms with Crippen LogP contribution >= 0.6 is 0 Å². The lowest BCUT2D eigenvalue weighted by Gasteiger charge is -2.11. The van der Waals surface area contributed by atoms with Gasteiger partial charge in [0, 0.05) is 41.0 Å². The van der Waals surface area contributed by atoms with E-state index >= 15 is 0 Å². The fraction of sp³-hybridized carbons (Fsp3) is 0.105. The lowest BCUT2D eigenvalue weighted by Crippen LogP contribution is -2.06. The average molecular weight is 329 g/mol. The van der Waals surface area contributed by atoms with E-state index < -0.39 is 0 Å². The van der Waals surface area contributed by atoms with Gasteiger partial charge in [0.2, 0.25) is 5.56 Å². The van der Waals surface area contributed by atoms with Crippen LogP contribution < -0.4 is 5.56 Å². The van der Waals surface area contributed by atoms with Crippen molar-refractivity contribution in [2.45, 2.75) is 13.8 Å². The second-order valence-electron chi connectivity index (χ2n) is 5.86. The Bertz CT molecular complexity index is 1120. The van der Waals surface area contributed by atoms with E-state index in [2.05, 4.69) is 19.9 Å². The van der Waals surface area contributed by atoms with Gasteiger partial charge in [0.25, 0.3) is 0 Å². The summed E-state index contributed by atoms with van der Waals surface area (Å²) in [7, 11) is 0. The third-order valence-corrected chi connectivity index (χ3v) is 3.85. The first-order chi connectivity index (χ1) is 12.1. The van der Waals surface area contributed by atoms with Gasteiger partial charge in [0.1, 0.15) is 11.2 Å². The first kappa shape index (κ1) is 15.1. The molecular formula is C19H15N5O. The molecule has 0 atom stereocenters. The monoisotopic (exact) mass is 329 g/mol. The predicted octanol–water partition coefficient (Wildman–Crippen LogP) is 3.06. The second kappa shape index (κ2) is 5.90. The minimum Gasteiger partial charge on any atom is -0.305 e. The Hall–Kier alpha value is -3.41. The van der Waals surface area contributed by atoms with Crippen LogP contribution in [0.3, 0.4) is 0 Å². The van der Waals surface area contributed by atoms with Gasteiger partial charge in [0.05, 0.1) is 5.69 Å². The van der Waals surface area contributed by atoms with Crippen molar-refractivity contribution in [2.24, 2.45) is 0 Å². The summed E-state index contributed by atoms with van der Waals surface area (Å²) in [5, 5.41) is 0. The maximum absolute atomic E-state index is 11.6. The molecule has 0 bridgehead atoms. The van der Waals surface area contributed by atoms with Crippen LogP contribution in [0.25, 0.3) is 33.7 Å². The second-order valence-corrected chi connectivity index (χ2v) is 5.86. The lowest BCUT2D eigenvalue weighted by atomic mass is 10.0. The van der Waals surface area contributed by atoms with Gasteiger partial charge in [-0.3, -0.25) is 14.8 Å². The summed E-state index contributed by atoms with van der Waals surface area (Å²) in [5.74, 6) is 0. The first-order valence-electron chi connectivity index (χ1n) is 7.87. The molecule has 0 saturated carbocycles. The van der Waals surface area contributed by atoms with E-state index in [9.17, 15) is 4.79 Å². The molecule has 0 aliphatic heterocycles. The highest BCUT2D eigenvalue weighted by molar-refractivity contribution is 5.84. The van der Waals surface area contributed by atoms with E-state index in [0.29, 0.717) is 16.9 Å². The zero-order valence-corrected chi connectivity index (χ0v) is 13.8. The van der Waals surface area contributed by atoms with Gasteiger partial charge in [-0.15, -0.1) is 0 Å². The maximum Gasteiger partial charge on any atom is 0.249 e. The van der Waals surface area contributed by atoms with Crippen LogP contribution in [0.1, 0.15) is 11.4 Å².